The molecule has 0 aromatic carbocycles. The molecular formula is C15H24N2O3. The molecule has 0 unspecified atom stereocenters. The first-order valence-corrected chi connectivity index (χ1v) is 7.12. The van der Waals surface area contributed by atoms with Crippen LogP contribution in [0, 0.1) is 0 Å². The fourth-order valence-electron chi connectivity index (χ4n) is 2.33. The lowest BCUT2D eigenvalue weighted by atomic mass is 10.2. The maximum absolute atomic E-state index is 12.0. The first-order chi connectivity index (χ1) is 9.37. The van der Waals surface area contributed by atoms with Gasteiger partial charge < -0.3 is 14.1 Å². The molecule has 1 amide bonds. The third-order valence-electron chi connectivity index (χ3n) is 3.47. The van der Waals surface area contributed by atoms with Gasteiger partial charge in [0.05, 0.1) is 12.3 Å². The summed E-state index contributed by atoms with van der Waals surface area (Å²) in [5, 5.41) is 0. The van der Waals surface area contributed by atoms with Gasteiger partial charge in [0, 0.05) is 26.2 Å². The van der Waals surface area contributed by atoms with Gasteiger partial charge in [-0.15, -0.1) is 0 Å². The van der Waals surface area contributed by atoms with Gasteiger partial charge in [-0.2, -0.15) is 0 Å². The van der Waals surface area contributed by atoms with E-state index in [9.17, 15) is 4.79 Å². The molecule has 1 aliphatic heterocycles. The predicted molar refractivity (Wildman–Crippen MR) is 76.5 cm³/mol. The second kappa shape index (κ2) is 5.87. The molecule has 2 heterocycles. The number of carbonyl (C=O) groups excluding carboxylic acids is 1. The SMILES string of the molecule is C[C@@H](c1ccco1)N1CCN(C(=O)OC(C)(C)C)CC1. The van der Waals surface area contributed by atoms with E-state index in [1.54, 1.807) is 11.2 Å². The van der Waals surface area contributed by atoms with Crippen molar-refractivity contribution in [3.63, 3.8) is 0 Å². The molecule has 0 aliphatic carbocycles. The average Bonchev–Trinajstić information content (AvgIpc) is 2.90. The van der Waals surface area contributed by atoms with Gasteiger partial charge in [-0.25, -0.2) is 4.79 Å². The highest BCUT2D eigenvalue weighted by Crippen LogP contribution is 2.22. The van der Waals surface area contributed by atoms with Crippen LogP contribution in [0.25, 0.3) is 0 Å². The molecule has 0 saturated carbocycles. The van der Waals surface area contributed by atoms with Gasteiger partial charge >= 0.3 is 6.09 Å². The van der Waals surface area contributed by atoms with E-state index >= 15 is 0 Å². The summed E-state index contributed by atoms with van der Waals surface area (Å²) in [5.41, 5.74) is -0.435. The van der Waals surface area contributed by atoms with Crippen molar-refractivity contribution in [1.29, 1.82) is 0 Å². The van der Waals surface area contributed by atoms with Crippen molar-refractivity contribution in [2.75, 3.05) is 26.2 Å². The Morgan fingerprint density at radius 3 is 2.45 bits per heavy atom. The highest BCUT2D eigenvalue weighted by atomic mass is 16.6. The number of hydrogen-bond acceptors (Lipinski definition) is 4. The Bertz CT molecular complexity index is 428. The van der Waals surface area contributed by atoms with Crippen LogP contribution in [0.4, 0.5) is 4.79 Å². The number of ether oxygens (including phenoxy) is 1. The summed E-state index contributed by atoms with van der Waals surface area (Å²) in [4.78, 5) is 16.1. The molecule has 1 aromatic heterocycles. The molecule has 1 fully saturated rings. The zero-order valence-electron chi connectivity index (χ0n) is 12.8. The molecule has 0 radical (unpaired) electrons. The highest BCUT2D eigenvalue weighted by Gasteiger charge is 2.28. The molecule has 0 N–H and O–H groups in total. The Hall–Kier alpha value is -1.49. The van der Waals surface area contributed by atoms with Crippen molar-refractivity contribution in [1.82, 2.24) is 9.80 Å². The molecule has 5 nitrogen and oxygen atoms in total. The van der Waals surface area contributed by atoms with Crippen molar-refractivity contribution in [3.05, 3.63) is 24.2 Å². The summed E-state index contributed by atoms with van der Waals surface area (Å²) in [7, 11) is 0. The van der Waals surface area contributed by atoms with Crippen LogP contribution in [0.2, 0.25) is 0 Å². The van der Waals surface area contributed by atoms with E-state index in [1.807, 2.05) is 32.9 Å². The molecule has 0 bridgehead atoms. The largest absolute Gasteiger partial charge is 0.468 e. The normalized spacial score (nSPS) is 18.9. The van der Waals surface area contributed by atoms with Gasteiger partial charge in [-0.1, -0.05) is 0 Å². The number of furan rings is 1. The standard InChI is InChI=1S/C15H24N2O3/c1-12(13-6-5-11-19-13)16-7-9-17(10-8-16)14(18)20-15(2,3)4/h5-6,11-12H,7-10H2,1-4H3/t12-/m0/s1. The van der Waals surface area contributed by atoms with Crippen molar-refractivity contribution in [3.8, 4) is 0 Å². The Kier molecular flexibility index (Phi) is 4.38. The topological polar surface area (TPSA) is 45.9 Å². The third kappa shape index (κ3) is 3.76. The molecule has 2 rings (SSSR count). The second-order valence-corrected chi connectivity index (χ2v) is 6.19. The van der Waals surface area contributed by atoms with Crippen LogP contribution in [0.3, 0.4) is 0 Å². The number of nitrogens with zero attached hydrogens (tertiary/aromatic N) is 2. The minimum atomic E-state index is -0.435. The number of hydrogen-bond donors (Lipinski definition) is 0. The van der Waals surface area contributed by atoms with Crippen LogP contribution in [0.1, 0.15) is 39.5 Å². The van der Waals surface area contributed by atoms with Crippen molar-refractivity contribution < 1.29 is 13.9 Å². The summed E-state index contributed by atoms with van der Waals surface area (Å²) in [6.45, 7) is 10.9. The fourth-order valence-corrected chi connectivity index (χ4v) is 2.33. The number of piperazine rings is 1. The van der Waals surface area contributed by atoms with Crippen LogP contribution in [0.5, 0.6) is 0 Å². The van der Waals surface area contributed by atoms with Crippen LogP contribution in [0.15, 0.2) is 22.8 Å². The average molecular weight is 280 g/mol. The monoisotopic (exact) mass is 280 g/mol. The molecule has 5 heteroatoms. The van der Waals surface area contributed by atoms with Crippen LogP contribution in [-0.4, -0.2) is 47.7 Å². The quantitative estimate of drug-likeness (QED) is 0.835. The van der Waals surface area contributed by atoms with E-state index in [-0.39, 0.29) is 12.1 Å². The lowest BCUT2D eigenvalue weighted by Gasteiger charge is -2.37. The number of amides is 1. The second-order valence-electron chi connectivity index (χ2n) is 6.19. The van der Waals surface area contributed by atoms with Gasteiger partial charge in [0.25, 0.3) is 0 Å². The molecule has 1 atom stereocenters. The fraction of sp³-hybridized carbons (Fsp3) is 0.667. The lowest BCUT2D eigenvalue weighted by molar-refractivity contribution is 0.0101. The maximum Gasteiger partial charge on any atom is 0.410 e. The zero-order chi connectivity index (χ0) is 14.8. The Labute approximate surface area is 120 Å². The molecule has 112 valence electrons. The first kappa shape index (κ1) is 14.9. The minimum Gasteiger partial charge on any atom is -0.468 e. The molecule has 0 spiro atoms. The van der Waals surface area contributed by atoms with Gasteiger partial charge in [0.2, 0.25) is 0 Å². The Balaban J connectivity index is 1.85. The lowest BCUT2D eigenvalue weighted by Crippen LogP contribution is -2.50. The molecule has 1 aromatic rings. The molecule has 20 heavy (non-hydrogen) atoms. The number of rotatable bonds is 2. The van der Waals surface area contributed by atoms with Crippen LogP contribution in [-0.2, 0) is 4.74 Å². The van der Waals surface area contributed by atoms with E-state index in [4.69, 9.17) is 9.15 Å². The van der Waals surface area contributed by atoms with E-state index in [0.717, 1.165) is 18.8 Å². The van der Waals surface area contributed by atoms with E-state index in [0.29, 0.717) is 13.1 Å². The summed E-state index contributed by atoms with van der Waals surface area (Å²) < 4.78 is 10.8. The van der Waals surface area contributed by atoms with Crippen molar-refractivity contribution in [2.45, 2.75) is 39.3 Å². The smallest absolute Gasteiger partial charge is 0.410 e. The van der Waals surface area contributed by atoms with E-state index in [2.05, 4.69) is 11.8 Å². The van der Waals surface area contributed by atoms with Crippen molar-refractivity contribution in [2.24, 2.45) is 0 Å². The predicted octanol–water partition coefficient (Wildman–Crippen LogP) is 2.89. The molecular weight excluding hydrogens is 256 g/mol. The highest BCUT2D eigenvalue weighted by molar-refractivity contribution is 5.68. The Morgan fingerprint density at radius 2 is 1.95 bits per heavy atom. The van der Waals surface area contributed by atoms with E-state index < -0.39 is 5.60 Å². The van der Waals surface area contributed by atoms with E-state index in [1.165, 1.54) is 0 Å². The first-order valence-electron chi connectivity index (χ1n) is 7.12. The van der Waals surface area contributed by atoms with Gasteiger partial charge in [-0.3, -0.25) is 4.90 Å². The van der Waals surface area contributed by atoms with Gasteiger partial charge in [-0.05, 0) is 39.8 Å². The summed E-state index contributed by atoms with van der Waals surface area (Å²) in [5.74, 6) is 0.968. The van der Waals surface area contributed by atoms with Gasteiger partial charge in [0.1, 0.15) is 11.4 Å². The number of carbonyl (C=O) groups is 1. The Morgan fingerprint density at radius 1 is 1.30 bits per heavy atom. The summed E-state index contributed by atoms with van der Waals surface area (Å²) in [6, 6.07) is 4.14. The van der Waals surface area contributed by atoms with Gasteiger partial charge in [0.15, 0.2) is 0 Å². The van der Waals surface area contributed by atoms with Crippen LogP contribution < -0.4 is 0 Å². The summed E-state index contributed by atoms with van der Waals surface area (Å²) in [6.07, 6.45) is 1.48. The molecule has 1 saturated heterocycles. The third-order valence-corrected chi connectivity index (χ3v) is 3.47. The van der Waals surface area contributed by atoms with Crippen molar-refractivity contribution >= 4 is 6.09 Å². The maximum atomic E-state index is 12.0. The molecule has 1 aliphatic rings. The zero-order valence-corrected chi connectivity index (χ0v) is 12.8. The minimum absolute atomic E-state index is 0.220. The van der Waals surface area contributed by atoms with Crippen LogP contribution >= 0.6 is 0 Å². The summed E-state index contributed by atoms with van der Waals surface area (Å²) >= 11 is 0.